The second-order valence-corrected chi connectivity index (χ2v) is 6.83. The van der Waals surface area contributed by atoms with E-state index in [1.54, 1.807) is 0 Å². The van der Waals surface area contributed by atoms with Crippen LogP contribution in [-0.4, -0.2) is 29.8 Å². The average molecular weight is 390 g/mol. The van der Waals surface area contributed by atoms with Crippen molar-refractivity contribution in [1.82, 2.24) is 4.90 Å². The Hall–Kier alpha value is -2.83. The van der Waals surface area contributed by atoms with Crippen molar-refractivity contribution in [3.8, 4) is 0 Å². The minimum atomic E-state index is -1.66. The molecule has 1 saturated heterocycles. The Balaban J connectivity index is 1.58. The lowest BCUT2D eigenvalue weighted by atomic mass is 9.95. The van der Waals surface area contributed by atoms with Crippen LogP contribution in [0.4, 0.5) is 18.9 Å². The van der Waals surface area contributed by atoms with Crippen molar-refractivity contribution < 1.29 is 22.8 Å². The standard InChI is InChI=1S/C21H21F3N2O2/c1-2-13-3-5-15(6-4-13)25-20(27)14-9-11-26(12-10-14)21(28)16-7-8-17(22)19(24)18(16)23/h3-8,14H,2,9-12H2,1H3,(H,25,27). The predicted molar refractivity (Wildman–Crippen MR) is 99.4 cm³/mol. The number of amides is 2. The van der Waals surface area contributed by atoms with Gasteiger partial charge in [0.2, 0.25) is 5.91 Å². The molecular formula is C21H21F3N2O2. The van der Waals surface area contributed by atoms with Crippen molar-refractivity contribution in [2.24, 2.45) is 5.92 Å². The Morgan fingerprint density at radius 1 is 1.00 bits per heavy atom. The first-order valence-electron chi connectivity index (χ1n) is 9.23. The number of likely N-dealkylation sites (tertiary alicyclic amines) is 1. The van der Waals surface area contributed by atoms with Gasteiger partial charge in [0.05, 0.1) is 5.56 Å². The van der Waals surface area contributed by atoms with Gasteiger partial charge in [-0.3, -0.25) is 9.59 Å². The van der Waals surface area contributed by atoms with Gasteiger partial charge in [0, 0.05) is 24.7 Å². The summed E-state index contributed by atoms with van der Waals surface area (Å²) in [6, 6.07) is 9.27. The summed E-state index contributed by atoms with van der Waals surface area (Å²) in [5.41, 5.74) is 1.39. The van der Waals surface area contributed by atoms with E-state index in [-0.39, 0.29) is 24.9 Å². The summed E-state index contributed by atoms with van der Waals surface area (Å²) >= 11 is 0. The number of hydrogen-bond donors (Lipinski definition) is 1. The van der Waals surface area contributed by atoms with Gasteiger partial charge < -0.3 is 10.2 Å². The molecule has 28 heavy (non-hydrogen) atoms. The number of carbonyl (C=O) groups excluding carboxylic acids is 2. The van der Waals surface area contributed by atoms with E-state index in [1.165, 1.54) is 10.5 Å². The molecule has 0 aliphatic carbocycles. The maximum absolute atomic E-state index is 13.8. The van der Waals surface area contributed by atoms with Gasteiger partial charge in [-0.05, 0) is 49.1 Å². The molecule has 0 aromatic heterocycles. The summed E-state index contributed by atoms with van der Waals surface area (Å²) in [5.74, 6) is -5.59. The van der Waals surface area contributed by atoms with Crippen LogP contribution in [0.5, 0.6) is 0 Å². The molecule has 0 saturated carbocycles. The molecule has 1 aliphatic rings. The number of carbonyl (C=O) groups is 2. The molecule has 2 aromatic carbocycles. The zero-order valence-corrected chi connectivity index (χ0v) is 15.5. The van der Waals surface area contributed by atoms with Gasteiger partial charge in [-0.15, -0.1) is 0 Å². The first kappa shape index (κ1) is 19.9. The molecule has 0 atom stereocenters. The highest BCUT2D eigenvalue weighted by atomic mass is 19.2. The van der Waals surface area contributed by atoms with Crippen molar-refractivity contribution in [3.63, 3.8) is 0 Å². The molecule has 1 N–H and O–H groups in total. The molecule has 0 radical (unpaired) electrons. The van der Waals surface area contributed by atoms with E-state index in [0.29, 0.717) is 18.5 Å². The molecule has 0 unspecified atom stereocenters. The van der Waals surface area contributed by atoms with Crippen LogP contribution in [0.25, 0.3) is 0 Å². The van der Waals surface area contributed by atoms with Crippen LogP contribution >= 0.6 is 0 Å². The predicted octanol–water partition coefficient (Wildman–Crippen LogP) is 4.16. The van der Waals surface area contributed by atoms with Crippen LogP contribution in [0.2, 0.25) is 0 Å². The Labute approximate surface area is 161 Å². The van der Waals surface area contributed by atoms with E-state index >= 15 is 0 Å². The minimum Gasteiger partial charge on any atom is -0.339 e. The SMILES string of the molecule is CCc1ccc(NC(=O)C2CCN(C(=O)c3ccc(F)c(F)c3F)CC2)cc1. The fourth-order valence-electron chi connectivity index (χ4n) is 3.27. The summed E-state index contributed by atoms with van der Waals surface area (Å²) in [4.78, 5) is 26.2. The second kappa shape index (κ2) is 8.46. The quantitative estimate of drug-likeness (QED) is 0.797. The van der Waals surface area contributed by atoms with E-state index in [9.17, 15) is 22.8 Å². The lowest BCUT2D eigenvalue weighted by Gasteiger charge is -2.31. The van der Waals surface area contributed by atoms with Gasteiger partial charge in [0.25, 0.3) is 5.91 Å². The second-order valence-electron chi connectivity index (χ2n) is 6.83. The molecule has 2 aromatic rings. The van der Waals surface area contributed by atoms with Crippen LogP contribution in [0.1, 0.15) is 35.7 Å². The number of aryl methyl sites for hydroxylation is 1. The molecule has 0 bridgehead atoms. The molecule has 7 heteroatoms. The number of halogens is 3. The van der Waals surface area contributed by atoms with Crippen molar-refractivity contribution in [3.05, 3.63) is 65.0 Å². The van der Waals surface area contributed by atoms with E-state index in [1.807, 2.05) is 24.3 Å². The summed E-state index contributed by atoms with van der Waals surface area (Å²) < 4.78 is 40.3. The van der Waals surface area contributed by atoms with E-state index < -0.39 is 28.9 Å². The minimum absolute atomic E-state index is 0.129. The first-order chi connectivity index (χ1) is 13.4. The number of anilines is 1. The lowest BCUT2D eigenvalue weighted by Crippen LogP contribution is -2.41. The highest BCUT2D eigenvalue weighted by Crippen LogP contribution is 2.23. The Bertz CT molecular complexity index is 876. The summed E-state index contributed by atoms with van der Waals surface area (Å²) in [6.07, 6.45) is 1.74. The topological polar surface area (TPSA) is 49.4 Å². The van der Waals surface area contributed by atoms with Gasteiger partial charge in [-0.25, -0.2) is 13.2 Å². The summed E-state index contributed by atoms with van der Waals surface area (Å²) in [7, 11) is 0. The maximum Gasteiger partial charge on any atom is 0.256 e. The Morgan fingerprint density at radius 2 is 1.64 bits per heavy atom. The molecule has 2 amide bonds. The largest absolute Gasteiger partial charge is 0.339 e. The normalized spacial score (nSPS) is 14.8. The zero-order valence-electron chi connectivity index (χ0n) is 15.5. The number of nitrogens with zero attached hydrogens (tertiary/aromatic N) is 1. The van der Waals surface area contributed by atoms with E-state index in [4.69, 9.17) is 0 Å². The van der Waals surface area contributed by atoms with Crippen molar-refractivity contribution >= 4 is 17.5 Å². The fourth-order valence-corrected chi connectivity index (χ4v) is 3.27. The van der Waals surface area contributed by atoms with Crippen LogP contribution < -0.4 is 5.32 Å². The highest BCUT2D eigenvalue weighted by Gasteiger charge is 2.30. The molecule has 1 aliphatic heterocycles. The summed E-state index contributed by atoms with van der Waals surface area (Å²) in [6.45, 7) is 2.53. The zero-order chi connectivity index (χ0) is 20.3. The Morgan fingerprint density at radius 3 is 2.25 bits per heavy atom. The number of benzene rings is 2. The number of rotatable bonds is 4. The Kier molecular flexibility index (Phi) is 6.02. The van der Waals surface area contributed by atoms with Crippen LogP contribution in [-0.2, 0) is 11.2 Å². The van der Waals surface area contributed by atoms with Crippen LogP contribution in [0.3, 0.4) is 0 Å². The number of hydrogen-bond acceptors (Lipinski definition) is 2. The third-order valence-electron chi connectivity index (χ3n) is 5.05. The number of piperidine rings is 1. The van der Waals surface area contributed by atoms with Gasteiger partial charge in [-0.2, -0.15) is 0 Å². The van der Waals surface area contributed by atoms with Gasteiger partial charge in [0.15, 0.2) is 17.5 Å². The van der Waals surface area contributed by atoms with Gasteiger partial charge in [0.1, 0.15) is 0 Å². The van der Waals surface area contributed by atoms with E-state index in [2.05, 4.69) is 12.2 Å². The molecular weight excluding hydrogens is 369 g/mol. The summed E-state index contributed by atoms with van der Waals surface area (Å²) in [5, 5.41) is 2.87. The molecule has 4 nitrogen and oxygen atoms in total. The molecule has 0 spiro atoms. The van der Waals surface area contributed by atoms with Crippen molar-refractivity contribution in [1.29, 1.82) is 0 Å². The average Bonchev–Trinajstić information content (AvgIpc) is 2.72. The van der Waals surface area contributed by atoms with Crippen molar-refractivity contribution in [2.75, 3.05) is 18.4 Å². The lowest BCUT2D eigenvalue weighted by molar-refractivity contribution is -0.121. The molecule has 148 valence electrons. The van der Waals surface area contributed by atoms with E-state index in [0.717, 1.165) is 18.6 Å². The molecule has 1 heterocycles. The maximum atomic E-state index is 13.8. The van der Waals surface area contributed by atoms with Crippen molar-refractivity contribution in [2.45, 2.75) is 26.2 Å². The fraction of sp³-hybridized carbons (Fsp3) is 0.333. The first-order valence-corrected chi connectivity index (χ1v) is 9.23. The van der Waals surface area contributed by atoms with Crippen LogP contribution in [0, 0.1) is 23.4 Å². The molecule has 3 rings (SSSR count). The third-order valence-corrected chi connectivity index (χ3v) is 5.05. The van der Waals surface area contributed by atoms with Gasteiger partial charge >= 0.3 is 0 Å². The monoisotopic (exact) mass is 390 g/mol. The van der Waals surface area contributed by atoms with Crippen LogP contribution in [0.15, 0.2) is 36.4 Å². The smallest absolute Gasteiger partial charge is 0.256 e. The van der Waals surface area contributed by atoms with Gasteiger partial charge in [-0.1, -0.05) is 19.1 Å². The molecule has 1 fully saturated rings. The number of nitrogens with one attached hydrogen (secondary N) is 1. The highest BCUT2D eigenvalue weighted by molar-refractivity contribution is 5.95. The third kappa shape index (κ3) is 4.18.